The van der Waals surface area contributed by atoms with Gasteiger partial charge in [-0.15, -0.1) is 0 Å². The topological polar surface area (TPSA) is 101 Å². The van der Waals surface area contributed by atoms with Crippen LogP contribution in [0.25, 0.3) is 0 Å². The van der Waals surface area contributed by atoms with Gasteiger partial charge in [-0.2, -0.15) is 0 Å². The maximum atomic E-state index is 12.1. The van der Waals surface area contributed by atoms with Crippen molar-refractivity contribution >= 4 is 5.91 Å². The van der Waals surface area contributed by atoms with Crippen molar-refractivity contribution < 1.29 is 9.90 Å². The number of rotatable bonds is 8. The van der Waals surface area contributed by atoms with Crippen LogP contribution < -0.4 is 16.8 Å². The molecule has 136 valence electrons. The number of hydrogen-bond acceptors (Lipinski definition) is 4. The lowest BCUT2D eigenvalue weighted by atomic mass is 9.94. The molecule has 0 aromatic carbocycles. The molecule has 6 N–H and O–H groups in total. The van der Waals surface area contributed by atoms with Crippen molar-refractivity contribution in [3.63, 3.8) is 0 Å². The number of nitrogens with one attached hydrogen (secondary N) is 1. The standard InChI is InChI=1S/C19H33N3O2/c1-5-7-15(18(20)12(3)6-2)16(19(21)24)10-13(4)17-9-8-14(11-23)22-17/h10,14,17,22-23H,5-9,11,20H2,1-4H3,(H2,21,24)/b13-10+,16-15-,18-12-/t14?,17-/m1/s1. The summed E-state index contributed by atoms with van der Waals surface area (Å²) < 4.78 is 0. The van der Waals surface area contributed by atoms with Gasteiger partial charge in [0, 0.05) is 23.4 Å². The van der Waals surface area contributed by atoms with Gasteiger partial charge in [0.2, 0.25) is 5.91 Å². The normalized spacial score (nSPS) is 23.8. The molecule has 1 fully saturated rings. The maximum Gasteiger partial charge on any atom is 0.249 e. The number of aliphatic hydroxyl groups is 1. The first kappa shape index (κ1) is 20.5. The van der Waals surface area contributed by atoms with Gasteiger partial charge < -0.3 is 21.9 Å². The zero-order valence-electron chi connectivity index (χ0n) is 15.5. The summed E-state index contributed by atoms with van der Waals surface area (Å²) in [5.41, 5.74) is 16.1. The summed E-state index contributed by atoms with van der Waals surface area (Å²) in [5, 5.41) is 12.6. The quantitative estimate of drug-likeness (QED) is 0.404. The van der Waals surface area contributed by atoms with Crippen LogP contribution >= 0.6 is 0 Å². The minimum Gasteiger partial charge on any atom is -0.399 e. The van der Waals surface area contributed by atoms with Gasteiger partial charge in [-0.1, -0.05) is 31.4 Å². The van der Waals surface area contributed by atoms with Crippen LogP contribution in [0.2, 0.25) is 0 Å². The molecule has 1 amide bonds. The van der Waals surface area contributed by atoms with Gasteiger partial charge in [0.05, 0.1) is 6.61 Å². The van der Waals surface area contributed by atoms with E-state index < -0.39 is 5.91 Å². The number of allylic oxidation sites excluding steroid dienone is 2. The molecule has 0 aromatic heterocycles. The summed E-state index contributed by atoms with van der Waals surface area (Å²) in [6, 6.07) is 0.290. The molecule has 1 heterocycles. The fourth-order valence-electron chi connectivity index (χ4n) is 3.07. The average molecular weight is 335 g/mol. The maximum absolute atomic E-state index is 12.1. The number of amides is 1. The molecule has 1 aliphatic rings. The molecule has 5 nitrogen and oxygen atoms in total. The van der Waals surface area contributed by atoms with E-state index in [2.05, 4.69) is 12.2 Å². The van der Waals surface area contributed by atoms with E-state index in [0.29, 0.717) is 11.3 Å². The van der Waals surface area contributed by atoms with Crippen LogP contribution in [0, 0.1) is 0 Å². The molecule has 2 atom stereocenters. The van der Waals surface area contributed by atoms with E-state index in [4.69, 9.17) is 11.5 Å². The largest absolute Gasteiger partial charge is 0.399 e. The van der Waals surface area contributed by atoms with Crippen LogP contribution in [0.4, 0.5) is 0 Å². The minimum absolute atomic E-state index is 0.127. The molecular weight excluding hydrogens is 302 g/mol. The number of aliphatic hydroxyl groups excluding tert-OH is 1. The van der Waals surface area contributed by atoms with Crippen molar-refractivity contribution in [1.82, 2.24) is 5.32 Å². The molecular formula is C19H33N3O2. The van der Waals surface area contributed by atoms with E-state index >= 15 is 0 Å². The zero-order valence-corrected chi connectivity index (χ0v) is 15.5. The summed E-state index contributed by atoms with van der Waals surface area (Å²) >= 11 is 0. The van der Waals surface area contributed by atoms with Crippen LogP contribution in [-0.2, 0) is 4.79 Å². The van der Waals surface area contributed by atoms with Crippen molar-refractivity contribution in [2.24, 2.45) is 11.5 Å². The Hall–Kier alpha value is -1.59. The smallest absolute Gasteiger partial charge is 0.249 e. The Labute approximate surface area is 145 Å². The van der Waals surface area contributed by atoms with Gasteiger partial charge in [-0.3, -0.25) is 4.79 Å². The SMILES string of the molecule is CCCC(=C(\C=C(/C)[C@H]1CCC(CO)N1)C(N)=O)/C(N)=C(\C)CC. The van der Waals surface area contributed by atoms with Gasteiger partial charge >= 0.3 is 0 Å². The Balaban J connectivity index is 3.27. The molecule has 0 saturated carbocycles. The fourth-order valence-corrected chi connectivity index (χ4v) is 3.07. The molecule has 0 radical (unpaired) electrons. The Bertz CT molecular complexity index is 547. The van der Waals surface area contributed by atoms with E-state index in [1.54, 1.807) is 0 Å². The second kappa shape index (κ2) is 9.64. The third-order valence-electron chi connectivity index (χ3n) is 4.79. The second-order valence-corrected chi connectivity index (χ2v) is 6.62. The lowest BCUT2D eigenvalue weighted by Crippen LogP contribution is -2.32. The first-order chi connectivity index (χ1) is 11.3. The van der Waals surface area contributed by atoms with E-state index in [-0.39, 0.29) is 18.7 Å². The highest BCUT2D eigenvalue weighted by Gasteiger charge is 2.24. The first-order valence-electron chi connectivity index (χ1n) is 8.89. The lowest BCUT2D eigenvalue weighted by molar-refractivity contribution is -0.114. The zero-order chi connectivity index (χ0) is 18.3. The van der Waals surface area contributed by atoms with E-state index in [0.717, 1.165) is 48.8 Å². The summed E-state index contributed by atoms with van der Waals surface area (Å²) in [6.07, 6.45) is 6.22. The first-order valence-corrected chi connectivity index (χ1v) is 8.89. The van der Waals surface area contributed by atoms with E-state index in [1.165, 1.54) is 0 Å². The molecule has 1 unspecified atom stereocenters. The minimum atomic E-state index is -0.443. The summed E-state index contributed by atoms with van der Waals surface area (Å²) in [6.45, 7) is 8.23. The highest BCUT2D eigenvalue weighted by molar-refractivity contribution is 5.96. The monoisotopic (exact) mass is 335 g/mol. The molecule has 0 bridgehead atoms. The highest BCUT2D eigenvalue weighted by Crippen LogP contribution is 2.25. The Morgan fingerprint density at radius 1 is 1.25 bits per heavy atom. The van der Waals surface area contributed by atoms with Crippen molar-refractivity contribution in [2.75, 3.05) is 6.61 Å². The van der Waals surface area contributed by atoms with Crippen LogP contribution in [0.3, 0.4) is 0 Å². The van der Waals surface area contributed by atoms with Crippen LogP contribution in [0.15, 0.2) is 34.1 Å². The second-order valence-electron chi connectivity index (χ2n) is 6.62. The van der Waals surface area contributed by atoms with Crippen LogP contribution in [-0.4, -0.2) is 29.7 Å². The molecule has 1 saturated heterocycles. The van der Waals surface area contributed by atoms with E-state index in [9.17, 15) is 9.90 Å². The molecule has 5 heteroatoms. The summed E-state index contributed by atoms with van der Waals surface area (Å²) in [5.74, 6) is -0.443. The van der Waals surface area contributed by atoms with Gasteiger partial charge in [-0.05, 0) is 51.2 Å². The third-order valence-corrected chi connectivity index (χ3v) is 4.79. The lowest BCUT2D eigenvalue weighted by Gasteiger charge is -2.17. The number of hydrogen-bond donors (Lipinski definition) is 4. The molecule has 0 spiro atoms. The number of nitrogens with two attached hydrogens (primary N) is 2. The molecule has 0 aliphatic carbocycles. The predicted molar refractivity (Wildman–Crippen MR) is 99.1 cm³/mol. The van der Waals surface area contributed by atoms with Crippen molar-refractivity contribution in [1.29, 1.82) is 0 Å². The van der Waals surface area contributed by atoms with Crippen molar-refractivity contribution in [2.45, 2.75) is 71.9 Å². The Kier molecular flexibility index (Phi) is 8.22. The number of carbonyl (C=O) groups is 1. The van der Waals surface area contributed by atoms with Gasteiger partial charge in [0.15, 0.2) is 0 Å². The predicted octanol–water partition coefficient (Wildman–Crippen LogP) is 2.27. The van der Waals surface area contributed by atoms with Gasteiger partial charge in [-0.25, -0.2) is 0 Å². The highest BCUT2D eigenvalue weighted by atomic mass is 16.3. The van der Waals surface area contributed by atoms with E-state index in [1.807, 2.05) is 26.8 Å². The third kappa shape index (κ3) is 5.21. The van der Waals surface area contributed by atoms with Gasteiger partial charge in [0.1, 0.15) is 0 Å². The Morgan fingerprint density at radius 2 is 1.92 bits per heavy atom. The van der Waals surface area contributed by atoms with Crippen LogP contribution in [0.1, 0.15) is 59.8 Å². The number of carbonyl (C=O) groups excluding carboxylic acids is 1. The van der Waals surface area contributed by atoms with Gasteiger partial charge in [0.25, 0.3) is 0 Å². The molecule has 0 aromatic rings. The summed E-state index contributed by atoms with van der Waals surface area (Å²) in [7, 11) is 0. The molecule has 1 rings (SSSR count). The summed E-state index contributed by atoms with van der Waals surface area (Å²) in [4.78, 5) is 12.1. The molecule has 1 aliphatic heterocycles. The number of primary amides is 1. The molecule has 24 heavy (non-hydrogen) atoms. The Morgan fingerprint density at radius 3 is 2.38 bits per heavy atom. The van der Waals surface area contributed by atoms with Crippen molar-refractivity contribution in [3.05, 3.63) is 34.1 Å². The average Bonchev–Trinajstić information content (AvgIpc) is 3.05. The van der Waals surface area contributed by atoms with Crippen LogP contribution in [0.5, 0.6) is 0 Å². The van der Waals surface area contributed by atoms with Crippen molar-refractivity contribution in [3.8, 4) is 0 Å². The fraction of sp³-hybridized carbons (Fsp3) is 0.632.